The molecule has 0 bridgehead atoms. The molecular weight excluding hydrogens is 434 g/mol. The highest BCUT2D eigenvalue weighted by Crippen LogP contribution is 2.37. The molecule has 170 valence electrons. The lowest BCUT2D eigenvalue weighted by Crippen LogP contribution is -2.59. The number of hydrogen-bond acceptors (Lipinski definition) is 4. The second kappa shape index (κ2) is 8.39. The van der Waals surface area contributed by atoms with E-state index in [9.17, 15) is 4.79 Å². The van der Waals surface area contributed by atoms with E-state index in [1.54, 1.807) is 0 Å². The Hall–Kier alpha value is -2.47. The average molecular weight is 462 g/mol. The number of benzene rings is 2. The second-order valence-electron chi connectivity index (χ2n) is 9.73. The van der Waals surface area contributed by atoms with Crippen LogP contribution in [0.3, 0.4) is 0 Å². The summed E-state index contributed by atoms with van der Waals surface area (Å²) in [5, 5.41) is 1.90. The van der Waals surface area contributed by atoms with Crippen LogP contribution in [-0.4, -0.2) is 58.6 Å². The van der Waals surface area contributed by atoms with Gasteiger partial charge in [0.1, 0.15) is 6.61 Å². The lowest BCUT2D eigenvalue weighted by molar-refractivity contribution is -0.172. The van der Waals surface area contributed by atoms with E-state index in [0.29, 0.717) is 6.04 Å². The Morgan fingerprint density at radius 1 is 1.09 bits per heavy atom. The number of piperidine rings is 1. The lowest BCUT2D eigenvalue weighted by Gasteiger charge is -2.47. The number of amides is 1. The highest BCUT2D eigenvalue weighted by molar-refractivity contribution is 6.33. The Labute approximate surface area is 199 Å². The summed E-state index contributed by atoms with van der Waals surface area (Å²) in [6.07, 6.45) is 6.07. The summed E-state index contributed by atoms with van der Waals surface area (Å²) >= 11 is 6.72. The third-order valence-corrected chi connectivity index (χ3v) is 7.70. The number of nitrogens with zero attached hydrogens (tertiary/aromatic N) is 3. The monoisotopic (exact) mass is 461 g/mol. The smallest absolute Gasteiger partial charge is 0.248 e. The van der Waals surface area contributed by atoms with Crippen LogP contribution in [-0.2, 0) is 16.1 Å². The molecule has 5 nitrogen and oxygen atoms in total. The first-order chi connectivity index (χ1) is 16.1. The molecule has 2 aliphatic heterocycles. The van der Waals surface area contributed by atoms with Crippen LogP contribution < -0.4 is 0 Å². The number of ether oxygens (including phenoxy) is 1. The van der Waals surface area contributed by atoms with Crippen LogP contribution in [0.1, 0.15) is 31.2 Å². The lowest BCUT2D eigenvalue weighted by atomic mass is 9.89. The number of pyridine rings is 1. The highest BCUT2D eigenvalue weighted by atomic mass is 35.5. The van der Waals surface area contributed by atoms with E-state index in [-0.39, 0.29) is 18.1 Å². The maximum Gasteiger partial charge on any atom is 0.248 e. The van der Waals surface area contributed by atoms with Crippen molar-refractivity contribution in [2.75, 3.05) is 26.2 Å². The zero-order valence-electron chi connectivity index (χ0n) is 18.7. The Morgan fingerprint density at radius 2 is 1.94 bits per heavy atom. The highest BCUT2D eigenvalue weighted by Gasteiger charge is 2.46. The average Bonchev–Trinajstić information content (AvgIpc) is 3.68. The number of rotatable bonds is 4. The van der Waals surface area contributed by atoms with Gasteiger partial charge in [-0.3, -0.25) is 14.7 Å². The minimum absolute atomic E-state index is 0.154. The maximum atomic E-state index is 12.2. The van der Waals surface area contributed by atoms with Crippen LogP contribution in [0.4, 0.5) is 0 Å². The molecule has 3 aliphatic rings. The van der Waals surface area contributed by atoms with E-state index in [4.69, 9.17) is 16.3 Å². The molecule has 1 saturated carbocycles. The maximum absolute atomic E-state index is 12.2. The Balaban J connectivity index is 1.11. The summed E-state index contributed by atoms with van der Waals surface area (Å²) in [6, 6.07) is 17.2. The predicted molar refractivity (Wildman–Crippen MR) is 130 cm³/mol. The molecule has 1 aliphatic carbocycles. The fourth-order valence-electron chi connectivity index (χ4n) is 5.27. The molecule has 0 radical (unpaired) electrons. The van der Waals surface area contributed by atoms with E-state index in [0.717, 1.165) is 78.9 Å². The van der Waals surface area contributed by atoms with Gasteiger partial charge in [0.15, 0.2) is 0 Å². The molecule has 0 N–H and O–H groups in total. The fourth-order valence-corrected chi connectivity index (χ4v) is 5.58. The van der Waals surface area contributed by atoms with Crippen molar-refractivity contribution in [1.82, 2.24) is 14.8 Å². The predicted octanol–water partition coefficient (Wildman–Crippen LogP) is 4.91. The van der Waals surface area contributed by atoms with Crippen LogP contribution in [0.5, 0.6) is 0 Å². The summed E-state index contributed by atoms with van der Waals surface area (Å²) < 4.78 is 6.10. The normalized spacial score (nSPS) is 21.1. The summed E-state index contributed by atoms with van der Waals surface area (Å²) in [5.74, 6) is 0.169. The van der Waals surface area contributed by atoms with Gasteiger partial charge in [-0.15, -0.1) is 0 Å². The van der Waals surface area contributed by atoms with E-state index >= 15 is 0 Å². The minimum atomic E-state index is -0.154. The molecule has 3 aromatic rings. The number of carbonyl (C=O) groups excluding carboxylic acids is 1. The van der Waals surface area contributed by atoms with Gasteiger partial charge in [0.05, 0.1) is 17.7 Å². The van der Waals surface area contributed by atoms with E-state index in [1.807, 2.05) is 12.3 Å². The number of morpholine rings is 1. The van der Waals surface area contributed by atoms with Gasteiger partial charge in [-0.1, -0.05) is 41.9 Å². The molecule has 6 rings (SSSR count). The molecule has 1 aromatic heterocycles. The number of aromatic nitrogens is 1. The van der Waals surface area contributed by atoms with Gasteiger partial charge < -0.3 is 9.64 Å². The van der Waals surface area contributed by atoms with Crippen molar-refractivity contribution in [2.45, 2.75) is 43.9 Å². The number of halogens is 1. The number of fused-ring (bicyclic) bond motifs is 1. The standard InChI is InChI=1S/C27H28ClN3O2/c28-24-14-19(3-8-23(24)21-5-4-20-2-1-11-29-25(20)15-21)16-30-12-9-27(10-13-30)18-31(22-6-7-22)26(32)17-33-27/h1-5,8,11,14-15,22H,6-7,9-10,12-13,16-18H2. The summed E-state index contributed by atoms with van der Waals surface area (Å²) in [5.41, 5.74) is 4.16. The molecule has 0 atom stereocenters. The van der Waals surface area contributed by atoms with Gasteiger partial charge in [-0.05, 0) is 55.0 Å². The number of hydrogen-bond donors (Lipinski definition) is 0. The van der Waals surface area contributed by atoms with E-state index < -0.39 is 0 Å². The second-order valence-corrected chi connectivity index (χ2v) is 10.1. The molecule has 2 saturated heterocycles. The van der Waals surface area contributed by atoms with Gasteiger partial charge in [-0.25, -0.2) is 0 Å². The van der Waals surface area contributed by atoms with Crippen LogP contribution in [0.2, 0.25) is 5.02 Å². The van der Waals surface area contributed by atoms with Crippen molar-refractivity contribution in [3.05, 3.63) is 65.3 Å². The quantitative estimate of drug-likeness (QED) is 0.553. The first kappa shape index (κ1) is 21.1. The fraction of sp³-hybridized carbons (Fsp3) is 0.407. The van der Waals surface area contributed by atoms with Gasteiger partial charge in [0.25, 0.3) is 0 Å². The summed E-state index contributed by atoms with van der Waals surface area (Å²) in [6.45, 7) is 3.84. The summed E-state index contributed by atoms with van der Waals surface area (Å²) in [4.78, 5) is 21.2. The van der Waals surface area contributed by atoms with Crippen molar-refractivity contribution in [2.24, 2.45) is 0 Å². The minimum Gasteiger partial charge on any atom is -0.363 e. The molecule has 1 amide bonds. The van der Waals surface area contributed by atoms with E-state index in [1.165, 1.54) is 5.56 Å². The Bertz CT molecular complexity index is 1200. The van der Waals surface area contributed by atoms with Gasteiger partial charge in [0.2, 0.25) is 5.91 Å². The van der Waals surface area contributed by atoms with Crippen molar-refractivity contribution in [3.8, 4) is 11.1 Å². The molecule has 2 aromatic carbocycles. The SMILES string of the molecule is O=C1COC2(CCN(Cc3ccc(-c4ccc5cccnc5c4)c(Cl)c3)CC2)CN1C1CC1. The van der Waals surface area contributed by atoms with Crippen molar-refractivity contribution < 1.29 is 9.53 Å². The molecule has 33 heavy (non-hydrogen) atoms. The topological polar surface area (TPSA) is 45.7 Å². The molecule has 3 fully saturated rings. The van der Waals surface area contributed by atoms with Crippen molar-refractivity contribution >= 4 is 28.4 Å². The van der Waals surface area contributed by atoms with Gasteiger partial charge >= 0.3 is 0 Å². The molecular formula is C27H28ClN3O2. The van der Waals surface area contributed by atoms with Crippen molar-refractivity contribution in [3.63, 3.8) is 0 Å². The van der Waals surface area contributed by atoms with Gasteiger partial charge in [0, 0.05) is 47.8 Å². The molecule has 6 heteroatoms. The van der Waals surface area contributed by atoms with Crippen LogP contribution in [0.25, 0.3) is 22.0 Å². The van der Waals surface area contributed by atoms with Crippen molar-refractivity contribution in [1.29, 1.82) is 0 Å². The number of likely N-dealkylation sites (tertiary alicyclic amines) is 1. The van der Waals surface area contributed by atoms with E-state index in [2.05, 4.69) is 57.2 Å². The Kier molecular flexibility index (Phi) is 5.36. The third-order valence-electron chi connectivity index (χ3n) is 7.39. The zero-order chi connectivity index (χ0) is 22.4. The number of carbonyl (C=O) groups is 1. The van der Waals surface area contributed by atoms with Crippen LogP contribution in [0, 0.1) is 0 Å². The molecule has 3 heterocycles. The summed E-state index contributed by atoms with van der Waals surface area (Å²) in [7, 11) is 0. The largest absolute Gasteiger partial charge is 0.363 e. The third kappa shape index (κ3) is 4.25. The first-order valence-corrected chi connectivity index (χ1v) is 12.3. The first-order valence-electron chi connectivity index (χ1n) is 11.9. The zero-order valence-corrected chi connectivity index (χ0v) is 19.4. The Morgan fingerprint density at radius 3 is 2.73 bits per heavy atom. The van der Waals surface area contributed by atoms with Gasteiger partial charge in [-0.2, -0.15) is 0 Å². The van der Waals surface area contributed by atoms with Crippen LogP contribution in [0.15, 0.2) is 54.7 Å². The molecule has 1 spiro atoms. The molecule has 0 unspecified atom stereocenters. The van der Waals surface area contributed by atoms with Crippen LogP contribution >= 0.6 is 11.6 Å².